The van der Waals surface area contributed by atoms with Crippen molar-refractivity contribution in [2.24, 2.45) is 0 Å². The second kappa shape index (κ2) is 8.98. The van der Waals surface area contributed by atoms with E-state index in [1.807, 2.05) is 31.2 Å². The monoisotopic (exact) mass is 429 g/mol. The second-order valence-corrected chi connectivity index (χ2v) is 8.63. The fourth-order valence-electron chi connectivity index (χ4n) is 3.46. The van der Waals surface area contributed by atoms with Gasteiger partial charge in [0.15, 0.2) is 17.6 Å². The number of fused-ring (bicyclic) bond motifs is 2. The summed E-state index contributed by atoms with van der Waals surface area (Å²) >= 11 is 3.42. The Morgan fingerprint density at radius 1 is 1.07 bits per heavy atom. The number of carbonyl (C=O) groups is 1. The minimum absolute atomic E-state index is 0.388. The Bertz CT molecular complexity index is 923. The van der Waals surface area contributed by atoms with E-state index in [1.165, 1.54) is 15.6 Å². The third-order valence-corrected chi connectivity index (χ3v) is 6.70. The van der Waals surface area contributed by atoms with Gasteiger partial charge >= 0.3 is 5.97 Å². The predicted octanol–water partition coefficient (Wildman–Crippen LogP) is 5.72. The van der Waals surface area contributed by atoms with Gasteiger partial charge < -0.3 is 19.5 Å². The van der Waals surface area contributed by atoms with Crippen molar-refractivity contribution >= 4 is 38.6 Å². The van der Waals surface area contributed by atoms with Crippen molar-refractivity contribution < 1.29 is 19.4 Å². The molecule has 3 heterocycles. The topological polar surface area (TPSA) is 59.0 Å². The first-order valence-corrected chi connectivity index (χ1v) is 11.4. The Morgan fingerprint density at radius 3 is 2.28 bits per heavy atom. The summed E-state index contributed by atoms with van der Waals surface area (Å²) in [4.78, 5) is 13.6. The molecule has 0 radical (unpaired) electrons. The van der Waals surface area contributed by atoms with Crippen molar-refractivity contribution in [2.75, 3.05) is 18.1 Å². The number of thiophene rings is 2. The van der Waals surface area contributed by atoms with Crippen LogP contribution >= 0.6 is 22.7 Å². The van der Waals surface area contributed by atoms with E-state index in [0.717, 1.165) is 36.4 Å². The zero-order chi connectivity index (χ0) is 20.2. The molecule has 1 aliphatic heterocycles. The molecule has 0 spiro atoms. The number of aryl methyl sites for hydroxylation is 1. The number of carboxylic acid groups (broad SMARTS) is 1. The molecule has 0 amide bonds. The molecule has 1 aliphatic rings. The number of aliphatic carboxylic acids is 1. The zero-order valence-electron chi connectivity index (χ0n) is 16.2. The molecule has 1 atom stereocenters. The standard InChI is InChI=1S/C22H23NO4S2/c1-2-26-19(22(24)25)14-16-7-5-15(6-8-16)4-3-11-23-20-17(9-12-28-20)27-18-10-13-29-21(18)23/h5-10,12-13,19H,2-4,11,14H2,1H3,(H,24,25). The normalized spacial score (nSPS) is 13.5. The quantitative estimate of drug-likeness (QED) is 0.471. The SMILES string of the molecule is CCOC(Cc1ccc(CCCN2c3sccc3Oc3ccsc32)cc1)C(=O)O. The molecule has 0 bridgehead atoms. The van der Waals surface area contributed by atoms with E-state index in [0.29, 0.717) is 13.0 Å². The van der Waals surface area contributed by atoms with Gasteiger partial charge in [-0.1, -0.05) is 24.3 Å². The van der Waals surface area contributed by atoms with Gasteiger partial charge in [0, 0.05) is 19.6 Å². The summed E-state index contributed by atoms with van der Waals surface area (Å²) in [6.45, 7) is 3.14. The van der Waals surface area contributed by atoms with Crippen molar-refractivity contribution in [3.8, 4) is 11.5 Å². The lowest BCUT2D eigenvalue weighted by atomic mass is 10.0. The van der Waals surface area contributed by atoms with E-state index < -0.39 is 12.1 Å². The maximum absolute atomic E-state index is 11.3. The van der Waals surface area contributed by atoms with Crippen LogP contribution in [0.25, 0.3) is 0 Å². The first-order valence-electron chi connectivity index (χ1n) is 9.68. The molecule has 3 aromatic rings. The number of benzene rings is 1. The number of hydrogen-bond acceptors (Lipinski definition) is 6. The zero-order valence-corrected chi connectivity index (χ0v) is 17.8. The van der Waals surface area contributed by atoms with E-state index >= 15 is 0 Å². The van der Waals surface area contributed by atoms with E-state index in [4.69, 9.17) is 9.47 Å². The highest BCUT2D eigenvalue weighted by Gasteiger charge is 2.26. The average Bonchev–Trinajstić information content (AvgIpc) is 3.37. The molecule has 29 heavy (non-hydrogen) atoms. The van der Waals surface area contributed by atoms with E-state index in [2.05, 4.69) is 27.8 Å². The molecule has 0 fully saturated rings. The van der Waals surface area contributed by atoms with E-state index in [1.54, 1.807) is 22.7 Å². The van der Waals surface area contributed by atoms with Gasteiger partial charge in [-0.25, -0.2) is 4.79 Å². The van der Waals surface area contributed by atoms with Crippen LogP contribution in [0.2, 0.25) is 0 Å². The largest absolute Gasteiger partial charge is 0.479 e. The fraction of sp³-hybridized carbons (Fsp3) is 0.318. The highest BCUT2D eigenvalue weighted by Crippen LogP contribution is 2.51. The lowest BCUT2D eigenvalue weighted by molar-refractivity contribution is -0.149. The Morgan fingerprint density at radius 2 is 1.69 bits per heavy atom. The van der Waals surface area contributed by atoms with Crippen molar-refractivity contribution in [1.29, 1.82) is 0 Å². The summed E-state index contributed by atoms with van der Waals surface area (Å²) in [5, 5.41) is 15.7. The summed E-state index contributed by atoms with van der Waals surface area (Å²) in [7, 11) is 0. The molecule has 1 aromatic carbocycles. The van der Waals surface area contributed by atoms with Gasteiger partial charge in [0.2, 0.25) is 0 Å². The maximum Gasteiger partial charge on any atom is 0.333 e. The van der Waals surface area contributed by atoms with Gasteiger partial charge in [0.1, 0.15) is 10.0 Å². The van der Waals surface area contributed by atoms with Gasteiger partial charge in [-0.15, -0.1) is 22.7 Å². The molecule has 152 valence electrons. The van der Waals surface area contributed by atoms with Crippen molar-refractivity contribution in [2.45, 2.75) is 32.3 Å². The number of nitrogens with zero attached hydrogens (tertiary/aromatic N) is 1. The Balaban J connectivity index is 1.35. The number of anilines is 2. The molecular formula is C22H23NO4S2. The highest BCUT2D eigenvalue weighted by atomic mass is 32.1. The summed E-state index contributed by atoms with van der Waals surface area (Å²) in [5.74, 6) is 0.961. The molecular weight excluding hydrogens is 406 g/mol. The van der Waals surface area contributed by atoms with Crippen LogP contribution in [-0.4, -0.2) is 30.3 Å². The molecule has 7 heteroatoms. The van der Waals surface area contributed by atoms with Gasteiger partial charge in [-0.2, -0.15) is 0 Å². The van der Waals surface area contributed by atoms with Gasteiger partial charge in [-0.3, -0.25) is 0 Å². The highest BCUT2D eigenvalue weighted by molar-refractivity contribution is 7.17. The van der Waals surface area contributed by atoms with Crippen LogP contribution in [0.3, 0.4) is 0 Å². The summed E-state index contributed by atoms with van der Waals surface area (Å²) in [6.07, 6.45) is 1.59. The third kappa shape index (κ3) is 4.47. The molecule has 0 saturated heterocycles. The number of rotatable bonds is 9. The lowest BCUT2D eigenvalue weighted by Gasteiger charge is -2.28. The molecule has 0 aliphatic carbocycles. The maximum atomic E-state index is 11.3. The third-order valence-electron chi connectivity index (χ3n) is 4.86. The van der Waals surface area contributed by atoms with E-state index in [-0.39, 0.29) is 0 Å². The first-order chi connectivity index (χ1) is 14.2. The van der Waals surface area contributed by atoms with Crippen molar-refractivity contribution in [3.63, 3.8) is 0 Å². The minimum atomic E-state index is -0.915. The summed E-state index contributed by atoms with van der Waals surface area (Å²) in [6, 6.07) is 12.2. The van der Waals surface area contributed by atoms with Crippen LogP contribution in [0, 0.1) is 0 Å². The summed E-state index contributed by atoms with van der Waals surface area (Å²) in [5.41, 5.74) is 2.23. The molecule has 1 unspecified atom stereocenters. The fourth-order valence-corrected chi connectivity index (χ4v) is 5.23. The summed E-state index contributed by atoms with van der Waals surface area (Å²) < 4.78 is 11.3. The van der Waals surface area contributed by atoms with Gasteiger partial charge in [-0.05, 0) is 53.8 Å². The van der Waals surface area contributed by atoms with Crippen LogP contribution in [-0.2, 0) is 22.4 Å². The smallest absolute Gasteiger partial charge is 0.333 e. The van der Waals surface area contributed by atoms with E-state index in [9.17, 15) is 9.90 Å². The van der Waals surface area contributed by atoms with Crippen LogP contribution in [0.5, 0.6) is 11.5 Å². The van der Waals surface area contributed by atoms with Gasteiger partial charge in [0.25, 0.3) is 0 Å². The molecule has 2 aromatic heterocycles. The first kappa shape index (κ1) is 19.9. The molecule has 0 saturated carbocycles. The molecule has 4 rings (SSSR count). The number of ether oxygens (including phenoxy) is 2. The van der Waals surface area contributed by atoms with Crippen molar-refractivity contribution in [1.82, 2.24) is 0 Å². The van der Waals surface area contributed by atoms with Crippen LogP contribution in [0.1, 0.15) is 24.5 Å². The Kier molecular flexibility index (Phi) is 6.18. The molecule has 1 N–H and O–H groups in total. The van der Waals surface area contributed by atoms with Crippen LogP contribution in [0.15, 0.2) is 47.2 Å². The second-order valence-electron chi connectivity index (χ2n) is 6.84. The number of carboxylic acids is 1. The minimum Gasteiger partial charge on any atom is -0.479 e. The predicted molar refractivity (Wildman–Crippen MR) is 117 cm³/mol. The Hall–Kier alpha value is -2.35. The van der Waals surface area contributed by atoms with Gasteiger partial charge in [0.05, 0.1) is 0 Å². The van der Waals surface area contributed by atoms with Crippen molar-refractivity contribution in [3.05, 3.63) is 58.3 Å². The lowest BCUT2D eigenvalue weighted by Crippen LogP contribution is -2.26. The average molecular weight is 430 g/mol. The molecule has 5 nitrogen and oxygen atoms in total. The number of hydrogen-bond donors (Lipinski definition) is 1. The van der Waals surface area contributed by atoms with Crippen LogP contribution < -0.4 is 9.64 Å². The van der Waals surface area contributed by atoms with Crippen LogP contribution in [0.4, 0.5) is 10.0 Å². The Labute approximate surface area is 178 Å².